The summed E-state index contributed by atoms with van der Waals surface area (Å²) in [5, 5.41) is 0. The van der Waals surface area contributed by atoms with Gasteiger partial charge in [0.15, 0.2) is 0 Å². The van der Waals surface area contributed by atoms with Crippen molar-refractivity contribution in [1.29, 1.82) is 0 Å². The number of H-pyrrole nitrogens is 1. The second-order valence-corrected chi connectivity index (χ2v) is 5.46. The fourth-order valence-corrected chi connectivity index (χ4v) is 3.22. The van der Waals surface area contributed by atoms with Crippen LogP contribution in [0, 0.1) is 0 Å². The Bertz CT molecular complexity index is 550. The number of nitrogens with one attached hydrogen (secondary N) is 1. The average Bonchev–Trinajstić information content (AvgIpc) is 3.04. The van der Waals surface area contributed by atoms with E-state index in [9.17, 15) is 0 Å². The molecule has 3 heteroatoms. The first-order chi connectivity index (χ1) is 8.77. The number of aromatic nitrogens is 2. The molecule has 1 fully saturated rings. The second kappa shape index (κ2) is 4.39. The number of fused-ring (bicyclic) bond motifs is 1. The highest BCUT2D eigenvalue weighted by atomic mass is 14.9. The van der Waals surface area contributed by atoms with Crippen LogP contribution in [0.4, 0.5) is 0 Å². The van der Waals surface area contributed by atoms with Gasteiger partial charge in [-0.25, -0.2) is 4.98 Å². The zero-order chi connectivity index (χ0) is 12.6. The highest BCUT2D eigenvalue weighted by Crippen LogP contribution is 2.40. The van der Waals surface area contributed by atoms with Gasteiger partial charge in [0.2, 0.25) is 0 Å². The quantitative estimate of drug-likeness (QED) is 0.871. The molecule has 0 atom stereocenters. The first-order valence-corrected chi connectivity index (χ1v) is 6.96. The summed E-state index contributed by atoms with van der Waals surface area (Å²) in [4.78, 5) is 7.96. The molecule has 1 aliphatic carbocycles. The molecule has 0 saturated heterocycles. The second-order valence-electron chi connectivity index (χ2n) is 5.46. The summed E-state index contributed by atoms with van der Waals surface area (Å²) in [6, 6.07) is 6.62. The predicted octanol–water partition coefficient (Wildman–Crippen LogP) is 2.90. The lowest BCUT2D eigenvalue weighted by Gasteiger charge is -2.27. The highest BCUT2D eigenvalue weighted by Gasteiger charge is 2.34. The van der Waals surface area contributed by atoms with E-state index in [4.69, 9.17) is 5.73 Å². The molecule has 1 aromatic carbocycles. The van der Waals surface area contributed by atoms with E-state index in [0.29, 0.717) is 0 Å². The van der Waals surface area contributed by atoms with Gasteiger partial charge in [0, 0.05) is 18.4 Å². The molecule has 3 N–H and O–H groups in total. The minimum absolute atomic E-state index is 0.214. The molecule has 1 saturated carbocycles. The number of hydrogen-bond acceptors (Lipinski definition) is 2. The molecule has 0 aliphatic heterocycles. The summed E-state index contributed by atoms with van der Waals surface area (Å²) in [5.41, 5.74) is 9.88. The van der Waals surface area contributed by atoms with Crippen molar-refractivity contribution in [2.24, 2.45) is 5.73 Å². The molecule has 96 valence electrons. The molecule has 0 amide bonds. The Morgan fingerprint density at radius 2 is 2.11 bits per heavy atom. The van der Waals surface area contributed by atoms with Gasteiger partial charge in [-0.3, -0.25) is 0 Å². The number of aromatic amines is 1. The normalized spacial score (nSPS) is 18.6. The van der Waals surface area contributed by atoms with Gasteiger partial charge in [0.25, 0.3) is 0 Å². The van der Waals surface area contributed by atoms with Gasteiger partial charge in [0.05, 0.1) is 11.0 Å². The zero-order valence-corrected chi connectivity index (χ0v) is 11.0. The van der Waals surface area contributed by atoms with Crippen LogP contribution in [0.1, 0.15) is 44.0 Å². The molecule has 0 spiro atoms. The summed E-state index contributed by atoms with van der Waals surface area (Å²) < 4.78 is 0. The summed E-state index contributed by atoms with van der Waals surface area (Å²) in [6.07, 6.45) is 6.01. The molecular weight excluding hydrogens is 222 g/mol. The maximum atomic E-state index is 6.05. The molecule has 1 aromatic heterocycles. The SMILES string of the molecule is CCc1nc2ccc(C3(CN)CCCC3)cc2[nH]1. The third-order valence-electron chi connectivity index (χ3n) is 4.43. The molecule has 0 radical (unpaired) electrons. The van der Waals surface area contributed by atoms with Gasteiger partial charge in [-0.2, -0.15) is 0 Å². The Morgan fingerprint density at radius 3 is 2.78 bits per heavy atom. The fourth-order valence-electron chi connectivity index (χ4n) is 3.22. The maximum Gasteiger partial charge on any atom is 0.106 e. The van der Waals surface area contributed by atoms with E-state index in [2.05, 4.69) is 35.1 Å². The lowest BCUT2D eigenvalue weighted by atomic mass is 9.79. The number of imidazole rings is 1. The van der Waals surface area contributed by atoms with Crippen molar-refractivity contribution in [3.8, 4) is 0 Å². The topological polar surface area (TPSA) is 54.7 Å². The average molecular weight is 243 g/mol. The molecule has 0 unspecified atom stereocenters. The lowest BCUT2D eigenvalue weighted by Crippen LogP contribution is -2.31. The van der Waals surface area contributed by atoms with Crippen LogP contribution in [0.15, 0.2) is 18.2 Å². The van der Waals surface area contributed by atoms with E-state index in [1.807, 2.05) is 0 Å². The van der Waals surface area contributed by atoms with Crippen LogP contribution in [0.3, 0.4) is 0 Å². The summed E-state index contributed by atoms with van der Waals surface area (Å²) in [6.45, 7) is 2.88. The summed E-state index contributed by atoms with van der Waals surface area (Å²) in [5.74, 6) is 1.07. The van der Waals surface area contributed by atoms with E-state index >= 15 is 0 Å². The van der Waals surface area contributed by atoms with E-state index in [-0.39, 0.29) is 5.41 Å². The Balaban J connectivity index is 2.06. The molecule has 3 nitrogen and oxygen atoms in total. The van der Waals surface area contributed by atoms with Crippen LogP contribution in [-0.2, 0) is 11.8 Å². The first-order valence-electron chi connectivity index (χ1n) is 6.96. The molecule has 1 aliphatic rings. The lowest BCUT2D eigenvalue weighted by molar-refractivity contribution is 0.453. The van der Waals surface area contributed by atoms with Gasteiger partial charge in [-0.15, -0.1) is 0 Å². The molecule has 1 heterocycles. The van der Waals surface area contributed by atoms with E-state index < -0.39 is 0 Å². The molecule has 18 heavy (non-hydrogen) atoms. The Labute approximate surface area is 108 Å². The fraction of sp³-hybridized carbons (Fsp3) is 0.533. The van der Waals surface area contributed by atoms with Crippen LogP contribution < -0.4 is 5.73 Å². The molecule has 2 aromatic rings. The zero-order valence-electron chi connectivity index (χ0n) is 11.0. The van der Waals surface area contributed by atoms with Crippen LogP contribution in [0.25, 0.3) is 11.0 Å². The van der Waals surface area contributed by atoms with E-state index in [0.717, 1.165) is 29.8 Å². The Morgan fingerprint density at radius 1 is 1.33 bits per heavy atom. The minimum Gasteiger partial charge on any atom is -0.342 e. The van der Waals surface area contributed by atoms with Crippen LogP contribution in [-0.4, -0.2) is 16.5 Å². The number of nitrogens with zero attached hydrogens (tertiary/aromatic N) is 1. The number of hydrogen-bond donors (Lipinski definition) is 2. The van der Waals surface area contributed by atoms with Crippen molar-refractivity contribution < 1.29 is 0 Å². The van der Waals surface area contributed by atoms with Gasteiger partial charge < -0.3 is 10.7 Å². The van der Waals surface area contributed by atoms with Gasteiger partial charge >= 0.3 is 0 Å². The predicted molar refractivity (Wildman–Crippen MR) is 74.7 cm³/mol. The van der Waals surface area contributed by atoms with Crippen LogP contribution in [0.5, 0.6) is 0 Å². The number of rotatable bonds is 3. The third-order valence-corrected chi connectivity index (χ3v) is 4.43. The number of aryl methyl sites for hydroxylation is 1. The van der Waals surface area contributed by atoms with Crippen molar-refractivity contribution in [1.82, 2.24) is 9.97 Å². The monoisotopic (exact) mass is 243 g/mol. The maximum absolute atomic E-state index is 6.05. The van der Waals surface area contributed by atoms with Crippen LogP contribution >= 0.6 is 0 Å². The van der Waals surface area contributed by atoms with Crippen molar-refractivity contribution in [3.63, 3.8) is 0 Å². The smallest absolute Gasteiger partial charge is 0.106 e. The van der Waals surface area contributed by atoms with Gasteiger partial charge in [-0.1, -0.05) is 25.8 Å². The number of nitrogens with two attached hydrogens (primary N) is 1. The minimum atomic E-state index is 0.214. The molecular formula is C15H21N3. The van der Waals surface area contributed by atoms with Crippen molar-refractivity contribution >= 4 is 11.0 Å². The van der Waals surface area contributed by atoms with E-state index in [1.54, 1.807) is 0 Å². The summed E-state index contributed by atoms with van der Waals surface area (Å²) in [7, 11) is 0. The number of benzene rings is 1. The van der Waals surface area contributed by atoms with Crippen molar-refractivity contribution in [2.45, 2.75) is 44.4 Å². The largest absolute Gasteiger partial charge is 0.342 e. The van der Waals surface area contributed by atoms with Crippen molar-refractivity contribution in [3.05, 3.63) is 29.6 Å². The van der Waals surface area contributed by atoms with Crippen LogP contribution in [0.2, 0.25) is 0 Å². The van der Waals surface area contributed by atoms with Crippen molar-refractivity contribution in [2.75, 3.05) is 6.54 Å². The third kappa shape index (κ3) is 1.74. The Kier molecular flexibility index (Phi) is 2.86. The van der Waals surface area contributed by atoms with E-state index in [1.165, 1.54) is 31.2 Å². The first kappa shape index (κ1) is 11.7. The Hall–Kier alpha value is -1.35. The van der Waals surface area contributed by atoms with Gasteiger partial charge in [-0.05, 0) is 30.5 Å². The highest BCUT2D eigenvalue weighted by molar-refractivity contribution is 5.76. The summed E-state index contributed by atoms with van der Waals surface area (Å²) >= 11 is 0. The standard InChI is InChI=1S/C15H21N3/c1-2-14-17-12-6-5-11(9-13(12)18-14)15(10-16)7-3-4-8-15/h5-6,9H,2-4,7-8,10,16H2,1H3,(H,17,18). The molecule has 0 bridgehead atoms. The molecule has 3 rings (SSSR count). The van der Waals surface area contributed by atoms with Gasteiger partial charge in [0.1, 0.15) is 5.82 Å².